The van der Waals surface area contributed by atoms with Crippen LogP contribution >= 0.6 is 0 Å². The van der Waals surface area contributed by atoms with Crippen molar-refractivity contribution in [1.82, 2.24) is 18.9 Å². The first-order valence-corrected chi connectivity index (χ1v) is 17.7. The summed E-state index contributed by atoms with van der Waals surface area (Å²) in [5.41, 5.74) is 0.710. The molecule has 0 bridgehead atoms. The Bertz CT molecular complexity index is 1780. The van der Waals surface area contributed by atoms with Crippen LogP contribution in [0.3, 0.4) is 0 Å². The van der Waals surface area contributed by atoms with E-state index in [2.05, 4.69) is 10.0 Å². The van der Waals surface area contributed by atoms with E-state index in [1.165, 1.54) is 29.7 Å². The number of benzene rings is 2. The van der Waals surface area contributed by atoms with Gasteiger partial charge in [-0.3, -0.25) is 4.79 Å². The number of fused-ring (bicyclic) bond motifs is 1. The van der Waals surface area contributed by atoms with Gasteiger partial charge in [0.15, 0.2) is 0 Å². The Kier molecular flexibility index (Phi) is 9.52. The summed E-state index contributed by atoms with van der Waals surface area (Å²) in [4.78, 5) is 13.2. The summed E-state index contributed by atoms with van der Waals surface area (Å²) in [5.74, 6) is 0.331. The summed E-state index contributed by atoms with van der Waals surface area (Å²) in [6, 6.07) is 11.4. The number of hydrogen-bond donors (Lipinski definition) is 3. The molecule has 2 atom stereocenters. The number of ether oxygens (including phenoxy) is 2. The van der Waals surface area contributed by atoms with Crippen LogP contribution in [-0.2, 0) is 31.3 Å². The molecule has 2 saturated heterocycles. The molecule has 44 heavy (non-hydrogen) atoms. The summed E-state index contributed by atoms with van der Waals surface area (Å²) in [5, 5.41) is 14.2. The van der Waals surface area contributed by atoms with E-state index in [9.17, 15) is 26.7 Å². The predicted molar refractivity (Wildman–Crippen MR) is 166 cm³/mol. The average Bonchev–Trinajstić information content (AvgIpc) is 3.41. The lowest BCUT2D eigenvalue weighted by molar-refractivity contribution is -0.0312. The second-order valence-electron chi connectivity index (χ2n) is 11.4. The number of aliphatic hydroxyl groups excluding tert-OH is 1. The highest BCUT2D eigenvalue weighted by atomic mass is 32.2. The molecule has 3 aromatic rings. The number of piperidine rings is 1. The Morgan fingerprint density at radius 1 is 1.14 bits per heavy atom. The molecule has 12 nitrogen and oxygen atoms in total. The third kappa shape index (κ3) is 6.57. The van der Waals surface area contributed by atoms with Gasteiger partial charge in [0.25, 0.3) is 0 Å². The molecule has 3 heterocycles. The highest BCUT2D eigenvalue weighted by molar-refractivity contribution is 7.89. The molecule has 0 aliphatic carbocycles. The maximum absolute atomic E-state index is 13.7. The third-order valence-corrected chi connectivity index (χ3v) is 11.8. The fourth-order valence-electron chi connectivity index (χ4n) is 6.05. The standard InChI is InChI=1S/C30H40N4O8S2/c1-4-33-18-27(29(36)26-10-5-7-21(2)28(26)33)44(39,40)34-13-11-30(12-14-34)16-22(19-42-30)32-17-23(35)20-41-24-8-6-9-25(15-24)43(37,38)31-3/h5-10,15,18,22-23,31-32,35H,4,11-14,16-17,19-20H2,1-3H3/t22-,23?/m1/s1. The molecule has 2 aliphatic rings. The Morgan fingerprint density at radius 2 is 1.86 bits per heavy atom. The zero-order valence-electron chi connectivity index (χ0n) is 25.2. The number of hydrogen-bond acceptors (Lipinski definition) is 9. The van der Waals surface area contributed by atoms with Crippen LogP contribution in [0.25, 0.3) is 10.9 Å². The molecule has 5 rings (SSSR count). The van der Waals surface area contributed by atoms with Crippen LogP contribution in [0.1, 0.15) is 31.7 Å². The number of aryl methyl sites for hydroxylation is 2. The van der Waals surface area contributed by atoms with Crippen molar-refractivity contribution in [2.24, 2.45) is 0 Å². The molecular weight excluding hydrogens is 608 g/mol. The summed E-state index contributed by atoms with van der Waals surface area (Å²) in [7, 11) is -6.28. The molecule has 2 aromatic carbocycles. The summed E-state index contributed by atoms with van der Waals surface area (Å²) in [6.07, 6.45) is 2.28. The lowest BCUT2D eigenvalue weighted by Gasteiger charge is -2.38. The van der Waals surface area contributed by atoms with Gasteiger partial charge >= 0.3 is 0 Å². The van der Waals surface area contributed by atoms with Gasteiger partial charge in [0.2, 0.25) is 25.5 Å². The van der Waals surface area contributed by atoms with E-state index in [1.54, 1.807) is 24.3 Å². The minimum absolute atomic E-state index is 0.0302. The van der Waals surface area contributed by atoms with Crippen LogP contribution < -0.4 is 20.2 Å². The Labute approximate surface area is 258 Å². The largest absolute Gasteiger partial charge is 0.491 e. The van der Waals surface area contributed by atoms with E-state index in [0.29, 0.717) is 43.5 Å². The average molecular weight is 649 g/mol. The molecule has 1 spiro atoms. The van der Waals surface area contributed by atoms with Gasteiger partial charge in [-0.2, -0.15) is 4.31 Å². The van der Waals surface area contributed by atoms with Crippen molar-refractivity contribution in [1.29, 1.82) is 0 Å². The smallest absolute Gasteiger partial charge is 0.248 e. The van der Waals surface area contributed by atoms with E-state index >= 15 is 0 Å². The monoisotopic (exact) mass is 648 g/mol. The van der Waals surface area contributed by atoms with Crippen molar-refractivity contribution in [3.8, 4) is 5.75 Å². The number of para-hydroxylation sites is 1. The minimum atomic E-state index is -4.01. The van der Waals surface area contributed by atoms with Gasteiger partial charge < -0.3 is 24.5 Å². The molecule has 2 aliphatic heterocycles. The Hall–Kier alpha value is -2.85. The van der Waals surface area contributed by atoms with Gasteiger partial charge in [-0.1, -0.05) is 18.2 Å². The molecule has 3 N–H and O–H groups in total. The first-order chi connectivity index (χ1) is 20.9. The predicted octanol–water partition coefficient (Wildman–Crippen LogP) is 1.58. The Morgan fingerprint density at radius 3 is 2.57 bits per heavy atom. The van der Waals surface area contributed by atoms with E-state index in [-0.39, 0.29) is 42.1 Å². The van der Waals surface area contributed by atoms with Crippen LogP contribution in [0.5, 0.6) is 5.75 Å². The number of nitrogens with zero attached hydrogens (tertiary/aromatic N) is 2. The fourth-order valence-corrected chi connectivity index (χ4v) is 8.36. The van der Waals surface area contributed by atoms with Crippen LogP contribution in [-0.4, -0.2) is 88.5 Å². The number of aliphatic hydroxyl groups is 1. The number of aromatic nitrogens is 1. The summed E-state index contributed by atoms with van der Waals surface area (Å²) in [6.45, 7) is 5.48. The molecule has 2 fully saturated rings. The second-order valence-corrected chi connectivity index (χ2v) is 15.2. The molecule has 0 saturated carbocycles. The zero-order valence-corrected chi connectivity index (χ0v) is 26.8. The first-order valence-electron chi connectivity index (χ1n) is 14.7. The van der Waals surface area contributed by atoms with Crippen LogP contribution in [0.2, 0.25) is 0 Å². The van der Waals surface area contributed by atoms with Crippen molar-refractivity contribution in [2.45, 2.75) is 67.2 Å². The van der Waals surface area contributed by atoms with Gasteiger partial charge in [0.05, 0.1) is 22.6 Å². The van der Waals surface area contributed by atoms with E-state index in [4.69, 9.17) is 9.47 Å². The van der Waals surface area contributed by atoms with Gasteiger partial charge in [-0.05, 0) is 63.9 Å². The molecular formula is C30H40N4O8S2. The lowest BCUT2D eigenvalue weighted by Crippen LogP contribution is -2.47. The summed E-state index contributed by atoms with van der Waals surface area (Å²) >= 11 is 0. The minimum Gasteiger partial charge on any atom is -0.491 e. The maximum atomic E-state index is 13.7. The number of nitrogens with one attached hydrogen (secondary N) is 2. The molecule has 1 unspecified atom stereocenters. The zero-order chi connectivity index (χ0) is 31.7. The van der Waals surface area contributed by atoms with Crippen molar-refractivity contribution in [3.63, 3.8) is 0 Å². The normalized spacial score (nSPS) is 19.9. The van der Waals surface area contributed by atoms with Crippen LogP contribution in [0, 0.1) is 6.92 Å². The third-order valence-electron chi connectivity index (χ3n) is 8.54. The van der Waals surface area contributed by atoms with Crippen LogP contribution in [0.15, 0.2) is 63.2 Å². The first kappa shape index (κ1) is 32.5. The van der Waals surface area contributed by atoms with E-state index in [1.807, 2.05) is 24.5 Å². The van der Waals surface area contributed by atoms with E-state index in [0.717, 1.165) is 11.1 Å². The molecule has 0 radical (unpaired) electrons. The second kappa shape index (κ2) is 12.9. The topological polar surface area (TPSA) is 156 Å². The lowest BCUT2D eigenvalue weighted by atomic mass is 9.88. The number of rotatable bonds is 11. The molecule has 0 amide bonds. The highest BCUT2D eigenvalue weighted by Crippen LogP contribution is 2.37. The highest BCUT2D eigenvalue weighted by Gasteiger charge is 2.45. The molecule has 14 heteroatoms. The Balaban J connectivity index is 1.15. The number of sulfonamides is 2. The van der Waals surface area contributed by atoms with Gasteiger partial charge in [0.1, 0.15) is 23.4 Å². The molecule has 1 aromatic heterocycles. The fraction of sp³-hybridized carbons (Fsp3) is 0.500. The van der Waals surface area contributed by atoms with E-state index < -0.39 is 37.2 Å². The van der Waals surface area contributed by atoms with Crippen molar-refractivity contribution in [2.75, 3.05) is 39.9 Å². The quantitative estimate of drug-likeness (QED) is 0.281. The van der Waals surface area contributed by atoms with Crippen LogP contribution in [0.4, 0.5) is 0 Å². The van der Waals surface area contributed by atoms with Gasteiger partial charge in [-0.15, -0.1) is 0 Å². The van der Waals surface area contributed by atoms with Gasteiger partial charge in [-0.25, -0.2) is 21.6 Å². The van der Waals surface area contributed by atoms with Crippen molar-refractivity contribution in [3.05, 3.63) is 64.4 Å². The maximum Gasteiger partial charge on any atom is 0.248 e. The molecule has 240 valence electrons. The SMILES string of the molecule is CCn1cc(S(=O)(=O)N2CCC3(CC2)C[C@@H](NCC(O)COc2cccc(S(=O)(=O)NC)c2)CO3)c(=O)c2cccc(C)c21. The van der Waals surface area contributed by atoms with Crippen molar-refractivity contribution < 1.29 is 31.4 Å². The number of pyridine rings is 1. The van der Waals surface area contributed by atoms with Gasteiger partial charge in [0, 0.05) is 49.9 Å². The summed E-state index contributed by atoms with van der Waals surface area (Å²) < 4.78 is 68.6. The van der Waals surface area contributed by atoms with Crippen molar-refractivity contribution >= 4 is 30.9 Å².